The van der Waals surface area contributed by atoms with Gasteiger partial charge in [0.1, 0.15) is 5.75 Å². The van der Waals surface area contributed by atoms with Crippen molar-refractivity contribution in [1.29, 1.82) is 0 Å². The van der Waals surface area contributed by atoms with E-state index >= 15 is 0 Å². The quantitative estimate of drug-likeness (QED) is 0.810. The molecule has 3 rings (SSSR count). The Labute approximate surface area is 168 Å². The fraction of sp³-hybridized carbons (Fsp3) is 0.636. The van der Waals surface area contributed by atoms with Crippen molar-refractivity contribution in [2.75, 3.05) is 46.9 Å². The van der Waals surface area contributed by atoms with Crippen molar-refractivity contribution >= 4 is 11.8 Å². The largest absolute Gasteiger partial charge is 0.496 e. The van der Waals surface area contributed by atoms with Crippen molar-refractivity contribution in [3.8, 4) is 5.75 Å². The Bertz CT molecular complexity index is 663. The van der Waals surface area contributed by atoms with Crippen LogP contribution < -0.4 is 10.1 Å². The predicted octanol–water partition coefficient (Wildman–Crippen LogP) is 1.93. The smallest absolute Gasteiger partial charge is 0.225 e. The van der Waals surface area contributed by atoms with Gasteiger partial charge in [-0.2, -0.15) is 0 Å². The molecular formula is C22H33N3O3. The lowest BCUT2D eigenvalue weighted by molar-refractivity contribution is -0.139. The molecule has 0 unspecified atom stereocenters. The maximum Gasteiger partial charge on any atom is 0.225 e. The number of carbonyl (C=O) groups excluding carboxylic acids is 2. The molecule has 1 aromatic rings. The van der Waals surface area contributed by atoms with Crippen LogP contribution in [0.1, 0.15) is 31.2 Å². The predicted molar refractivity (Wildman–Crippen MR) is 109 cm³/mol. The number of nitrogens with one attached hydrogen (secondary N) is 1. The molecule has 0 spiro atoms. The van der Waals surface area contributed by atoms with Gasteiger partial charge >= 0.3 is 0 Å². The van der Waals surface area contributed by atoms with E-state index < -0.39 is 0 Å². The molecule has 2 fully saturated rings. The number of rotatable bonds is 6. The van der Waals surface area contributed by atoms with E-state index in [0.717, 1.165) is 69.6 Å². The Kier molecular flexibility index (Phi) is 7.31. The molecule has 1 N–H and O–H groups in total. The molecule has 1 saturated heterocycles. The van der Waals surface area contributed by atoms with Crippen molar-refractivity contribution < 1.29 is 14.3 Å². The Morgan fingerprint density at radius 2 is 1.68 bits per heavy atom. The van der Waals surface area contributed by atoms with E-state index in [1.165, 1.54) is 0 Å². The van der Waals surface area contributed by atoms with Crippen LogP contribution in [0.4, 0.5) is 0 Å². The van der Waals surface area contributed by atoms with Crippen LogP contribution in [0.5, 0.6) is 5.75 Å². The van der Waals surface area contributed by atoms with Crippen molar-refractivity contribution in [2.45, 2.75) is 32.1 Å². The summed E-state index contributed by atoms with van der Waals surface area (Å²) in [5.74, 6) is 1.42. The molecular weight excluding hydrogens is 354 g/mol. The third kappa shape index (κ3) is 5.25. The van der Waals surface area contributed by atoms with E-state index in [1.807, 2.05) is 29.2 Å². The average molecular weight is 388 g/mol. The third-order valence-electron chi connectivity index (χ3n) is 6.15. The summed E-state index contributed by atoms with van der Waals surface area (Å²) in [6, 6.07) is 7.90. The molecule has 0 aromatic heterocycles. The van der Waals surface area contributed by atoms with Crippen LogP contribution in [-0.2, 0) is 16.0 Å². The van der Waals surface area contributed by atoms with Gasteiger partial charge in [0.15, 0.2) is 0 Å². The van der Waals surface area contributed by atoms with Crippen LogP contribution in [0.3, 0.4) is 0 Å². The first kappa shape index (κ1) is 20.6. The van der Waals surface area contributed by atoms with Gasteiger partial charge in [-0.3, -0.25) is 9.59 Å². The van der Waals surface area contributed by atoms with Gasteiger partial charge in [-0.15, -0.1) is 0 Å². The molecule has 1 heterocycles. The lowest BCUT2D eigenvalue weighted by Crippen LogP contribution is -2.49. The lowest BCUT2D eigenvalue weighted by atomic mass is 9.81. The third-order valence-corrected chi connectivity index (χ3v) is 6.15. The normalized spacial score (nSPS) is 23.3. The number of hydrogen-bond acceptors (Lipinski definition) is 4. The topological polar surface area (TPSA) is 61.9 Å². The summed E-state index contributed by atoms with van der Waals surface area (Å²) in [4.78, 5) is 29.5. The SMILES string of the molecule is COc1ccccc1CCNC(=O)C1CCC(C(=O)N2CCN(C)CC2)CC1. The fourth-order valence-corrected chi connectivity index (χ4v) is 4.26. The van der Waals surface area contributed by atoms with Gasteiger partial charge < -0.3 is 19.9 Å². The van der Waals surface area contributed by atoms with E-state index in [1.54, 1.807) is 7.11 Å². The molecule has 1 aromatic carbocycles. The number of hydrogen-bond donors (Lipinski definition) is 1. The number of likely N-dealkylation sites (N-methyl/N-ethyl adjacent to an activating group) is 1. The zero-order valence-corrected chi connectivity index (χ0v) is 17.2. The lowest BCUT2D eigenvalue weighted by Gasteiger charge is -2.36. The van der Waals surface area contributed by atoms with Gasteiger partial charge in [-0.25, -0.2) is 0 Å². The van der Waals surface area contributed by atoms with E-state index in [2.05, 4.69) is 17.3 Å². The van der Waals surface area contributed by atoms with E-state index in [4.69, 9.17) is 4.74 Å². The molecule has 1 aliphatic carbocycles. The van der Waals surface area contributed by atoms with Gasteiger partial charge in [0.25, 0.3) is 0 Å². The highest BCUT2D eigenvalue weighted by Gasteiger charge is 2.32. The fourth-order valence-electron chi connectivity index (χ4n) is 4.26. The van der Waals surface area contributed by atoms with Crippen LogP contribution >= 0.6 is 0 Å². The van der Waals surface area contributed by atoms with E-state index in [9.17, 15) is 9.59 Å². The molecule has 154 valence electrons. The molecule has 0 bridgehead atoms. The molecule has 0 radical (unpaired) electrons. The monoisotopic (exact) mass is 387 g/mol. The van der Waals surface area contributed by atoms with E-state index in [0.29, 0.717) is 12.5 Å². The van der Waals surface area contributed by atoms with Crippen LogP contribution in [-0.4, -0.2) is 68.5 Å². The number of nitrogens with zero attached hydrogens (tertiary/aromatic N) is 2. The molecule has 2 aliphatic rings. The molecule has 2 amide bonds. The average Bonchev–Trinajstić information content (AvgIpc) is 2.74. The molecule has 1 aliphatic heterocycles. The Hall–Kier alpha value is -2.08. The minimum absolute atomic E-state index is 0.0363. The standard InChI is InChI=1S/C22H33N3O3/c1-24-13-15-25(16-14-24)22(27)19-9-7-18(8-10-19)21(26)23-12-11-17-5-3-4-6-20(17)28-2/h3-6,18-19H,7-16H2,1-2H3,(H,23,26). The first-order valence-electron chi connectivity index (χ1n) is 10.5. The number of para-hydroxylation sites is 1. The first-order valence-corrected chi connectivity index (χ1v) is 10.5. The number of piperazine rings is 1. The summed E-state index contributed by atoms with van der Waals surface area (Å²) in [5.41, 5.74) is 1.10. The molecule has 1 saturated carbocycles. The highest BCUT2D eigenvalue weighted by molar-refractivity contribution is 5.81. The van der Waals surface area contributed by atoms with E-state index in [-0.39, 0.29) is 17.7 Å². The molecule has 0 atom stereocenters. The number of methoxy groups -OCH3 is 1. The Morgan fingerprint density at radius 1 is 1.04 bits per heavy atom. The summed E-state index contributed by atoms with van der Waals surface area (Å²) in [6.07, 6.45) is 4.04. The summed E-state index contributed by atoms with van der Waals surface area (Å²) in [7, 11) is 3.76. The van der Waals surface area contributed by atoms with Gasteiger partial charge in [0.05, 0.1) is 7.11 Å². The van der Waals surface area contributed by atoms with Crippen LogP contribution in [0.25, 0.3) is 0 Å². The van der Waals surface area contributed by atoms with Gasteiger partial charge in [-0.1, -0.05) is 18.2 Å². The second-order valence-corrected chi connectivity index (χ2v) is 8.03. The van der Waals surface area contributed by atoms with Crippen molar-refractivity contribution in [3.05, 3.63) is 29.8 Å². The summed E-state index contributed by atoms with van der Waals surface area (Å²) in [5, 5.41) is 3.07. The highest BCUT2D eigenvalue weighted by Crippen LogP contribution is 2.30. The number of amides is 2. The van der Waals surface area contributed by atoms with Crippen molar-refractivity contribution in [2.24, 2.45) is 11.8 Å². The summed E-state index contributed by atoms with van der Waals surface area (Å²) >= 11 is 0. The first-order chi connectivity index (χ1) is 13.6. The van der Waals surface area contributed by atoms with Gasteiger partial charge in [0.2, 0.25) is 11.8 Å². The van der Waals surface area contributed by atoms with Gasteiger partial charge in [0, 0.05) is 44.6 Å². The van der Waals surface area contributed by atoms with Crippen molar-refractivity contribution in [3.63, 3.8) is 0 Å². The van der Waals surface area contributed by atoms with Crippen LogP contribution in [0.15, 0.2) is 24.3 Å². The minimum Gasteiger partial charge on any atom is -0.496 e. The van der Waals surface area contributed by atoms with Crippen LogP contribution in [0, 0.1) is 11.8 Å². The maximum atomic E-state index is 12.7. The number of ether oxygens (including phenoxy) is 1. The van der Waals surface area contributed by atoms with Crippen LogP contribution in [0.2, 0.25) is 0 Å². The Morgan fingerprint density at radius 3 is 2.36 bits per heavy atom. The summed E-state index contributed by atoms with van der Waals surface area (Å²) in [6.45, 7) is 4.18. The zero-order chi connectivity index (χ0) is 19.9. The maximum absolute atomic E-state index is 12.7. The zero-order valence-electron chi connectivity index (χ0n) is 17.2. The minimum atomic E-state index is 0.0363. The number of carbonyl (C=O) groups is 2. The van der Waals surface area contributed by atoms with Gasteiger partial charge in [-0.05, 0) is 50.8 Å². The molecule has 28 heavy (non-hydrogen) atoms. The molecule has 6 nitrogen and oxygen atoms in total. The summed E-state index contributed by atoms with van der Waals surface area (Å²) < 4.78 is 5.36. The number of benzene rings is 1. The highest BCUT2D eigenvalue weighted by atomic mass is 16.5. The van der Waals surface area contributed by atoms with Crippen molar-refractivity contribution in [1.82, 2.24) is 15.1 Å². The Balaban J connectivity index is 1.39. The molecule has 6 heteroatoms. The second kappa shape index (κ2) is 9.92. The second-order valence-electron chi connectivity index (χ2n) is 8.03.